The number of oxime groups is 1. The summed E-state index contributed by atoms with van der Waals surface area (Å²) in [5.41, 5.74) is 0.607. The number of carboxylic acids is 1. The van der Waals surface area contributed by atoms with Crippen molar-refractivity contribution in [2.24, 2.45) is 5.16 Å². The summed E-state index contributed by atoms with van der Waals surface area (Å²) >= 11 is 6.05. The van der Waals surface area contributed by atoms with Crippen molar-refractivity contribution in [3.63, 3.8) is 0 Å². The predicted octanol–water partition coefficient (Wildman–Crippen LogP) is 2.18. The van der Waals surface area contributed by atoms with E-state index in [9.17, 15) is 4.79 Å². The van der Waals surface area contributed by atoms with E-state index in [0.717, 1.165) is 0 Å². The molecule has 7 heteroatoms. The van der Waals surface area contributed by atoms with Crippen LogP contribution in [-0.4, -0.2) is 37.6 Å². The van der Waals surface area contributed by atoms with Crippen LogP contribution in [0.3, 0.4) is 0 Å². The Balaban J connectivity index is 2.86. The van der Waals surface area contributed by atoms with Crippen LogP contribution in [0.1, 0.15) is 12.5 Å². The van der Waals surface area contributed by atoms with Crippen molar-refractivity contribution in [1.29, 1.82) is 0 Å². The predicted molar refractivity (Wildman–Crippen MR) is 70.4 cm³/mol. The number of ether oxygens (including phenoxy) is 2. The molecule has 1 rings (SSSR count). The average molecular weight is 288 g/mol. The van der Waals surface area contributed by atoms with Gasteiger partial charge in [-0.25, -0.2) is 4.79 Å². The van der Waals surface area contributed by atoms with Crippen LogP contribution < -0.4 is 9.47 Å². The summed E-state index contributed by atoms with van der Waals surface area (Å²) in [5.74, 6) is -0.177. The third-order valence-electron chi connectivity index (χ3n) is 2.00. The Morgan fingerprint density at radius 1 is 1.53 bits per heavy atom. The molecular weight excluding hydrogens is 274 g/mol. The highest BCUT2D eigenvalue weighted by atomic mass is 35.5. The number of benzene rings is 1. The van der Waals surface area contributed by atoms with Gasteiger partial charge in [0, 0.05) is 5.56 Å². The topological polar surface area (TPSA) is 77.4 Å². The number of hydrogen-bond acceptors (Lipinski definition) is 5. The maximum Gasteiger partial charge on any atom is 0.344 e. The molecule has 0 aliphatic carbocycles. The molecule has 0 fully saturated rings. The number of aliphatic carboxylic acids is 1. The lowest BCUT2D eigenvalue weighted by atomic mass is 10.2. The van der Waals surface area contributed by atoms with E-state index in [2.05, 4.69) is 9.99 Å². The van der Waals surface area contributed by atoms with Crippen LogP contribution >= 0.6 is 11.6 Å². The first-order valence-corrected chi connectivity index (χ1v) is 5.83. The lowest BCUT2D eigenvalue weighted by molar-refractivity contribution is -0.142. The van der Waals surface area contributed by atoms with Gasteiger partial charge in [-0.3, -0.25) is 0 Å². The quantitative estimate of drug-likeness (QED) is 0.614. The van der Waals surface area contributed by atoms with Crippen LogP contribution in [-0.2, 0) is 9.63 Å². The molecule has 1 N–H and O–H groups in total. The van der Waals surface area contributed by atoms with Crippen molar-refractivity contribution in [1.82, 2.24) is 0 Å². The lowest BCUT2D eigenvalue weighted by Crippen LogP contribution is -2.03. The summed E-state index contributed by atoms with van der Waals surface area (Å²) in [7, 11) is 1.50. The third-order valence-corrected chi connectivity index (χ3v) is 2.29. The number of rotatable bonds is 7. The fourth-order valence-corrected chi connectivity index (χ4v) is 1.56. The Bertz CT molecular complexity index is 475. The molecule has 0 radical (unpaired) electrons. The highest BCUT2D eigenvalue weighted by molar-refractivity contribution is 6.32. The van der Waals surface area contributed by atoms with E-state index in [-0.39, 0.29) is 0 Å². The number of nitrogens with zero attached hydrogens (tertiary/aromatic N) is 1. The molecule has 1 aromatic rings. The highest BCUT2D eigenvalue weighted by Gasteiger charge is 2.10. The number of hydrogen-bond donors (Lipinski definition) is 1. The monoisotopic (exact) mass is 287 g/mol. The largest absolute Gasteiger partial charge is 0.493 e. The van der Waals surface area contributed by atoms with E-state index < -0.39 is 12.6 Å². The molecule has 6 nitrogen and oxygen atoms in total. The van der Waals surface area contributed by atoms with Crippen LogP contribution in [0.5, 0.6) is 11.5 Å². The van der Waals surface area contributed by atoms with Crippen molar-refractivity contribution in [2.45, 2.75) is 6.92 Å². The van der Waals surface area contributed by atoms with Gasteiger partial charge in [0.2, 0.25) is 6.61 Å². The molecule has 0 saturated carbocycles. The van der Waals surface area contributed by atoms with E-state index in [0.29, 0.717) is 28.7 Å². The Kier molecular flexibility index (Phi) is 5.95. The first-order chi connectivity index (χ1) is 9.08. The first-order valence-electron chi connectivity index (χ1n) is 5.46. The van der Waals surface area contributed by atoms with E-state index in [4.69, 9.17) is 26.2 Å². The molecule has 104 valence electrons. The van der Waals surface area contributed by atoms with Crippen LogP contribution in [0.15, 0.2) is 17.3 Å². The number of halogens is 1. The summed E-state index contributed by atoms with van der Waals surface area (Å²) in [5, 5.41) is 12.3. The number of methoxy groups -OCH3 is 1. The molecule has 0 unspecified atom stereocenters. The van der Waals surface area contributed by atoms with E-state index in [1.54, 1.807) is 12.1 Å². The minimum Gasteiger partial charge on any atom is -0.493 e. The maximum absolute atomic E-state index is 10.2. The van der Waals surface area contributed by atoms with Crippen molar-refractivity contribution < 1.29 is 24.2 Å². The summed E-state index contributed by atoms with van der Waals surface area (Å²) in [4.78, 5) is 14.8. The molecule has 0 amide bonds. The number of carbonyl (C=O) groups is 1. The molecule has 0 heterocycles. The van der Waals surface area contributed by atoms with Crippen LogP contribution in [0.25, 0.3) is 0 Å². The molecule has 0 aliphatic heterocycles. The Morgan fingerprint density at radius 2 is 2.26 bits per heavy atom. The summed E-state index contributed by atoms with van der Waals surface area (Å²) in [6.07, 6.45) is 1.34. The second-order valence-corrected chi connectivity index (χ2v) is 3.78. The van der Waals surface area contributed by atoms with Crippen molar-refractivity contribution in [3.05, 3.63) is 22.7 Å². The second kappa shape index (κ2) is 7.48. The average Bonchev–Trinajstić information content (AvgIpc) is 2.37. The summed E-state index contributed by atoms with van der Waals surface area (Å²) < 4.78 is 10.5. The normalized spacial score (nSPS) is 10.5. The van der Waals surface area contributed by atoms with Crippen LogP contribution in [0.4, 0.5) is 0 Å². The molecule has 0 aliphatic rings. The Hall–Kier alpha value is -1.95. The van der Waals surface area contributed by atoms with Gasteiger partial charge in [0.25, 0.3) is 0 Å². The van der Waals surface area contributed by atoms with Gasteiger partial charge in [-0.15, -0.1) is 0 Å². The summed E-state index contributed by atoms with van der Waals surface area (Å²) in [6, 6.07) is 3.27. The van der Waals surface area contributed by atoms with Gasteiger partial charge in [0.15, 0.2) is 11.5 Å². The molecule has 0 spiro atoms. The lowest BCUT2D eigenvalue weighted by Gasteiger charge is -2.11. The van der Waals surface area contributed by atoms with E-state index >= 15 is 0 Å². The first kappa shape index (κ1) is 15.1. The maximum atomic E-state index is 10.2. The van der Waals surface area contributed by atoms with E-state index in [1.165, 1.54) is 13.3 Å². The van der Waals surface area contributed by atoms with Gasteiger partial charge in [-0.2, -0.15) is 0 Å². The fourth-order valence-electron chi connectivity index (χ4n) is 1.29. The van der Waals surface area contributed by atoms with E-state index in [1.807, 2.05) is 6.92 Å². The SMILES string of the molecule is CCOc1c(Cl)cc(C=NOCC(=O)O)cc1OC. The minimum atomic E-state index is -1.10. The molecule has 0 atom stereocenters. The zero-order valence-corrected chi connectivity index (χ0v) is 11.3. The van der Waals surface area contributed by atoms with Gasteiger partial charge in [-0.05, 0) is 19.1 Å². The minimum absolute atomic E-state index is 0.376. The van der Waals surface area contributed by atoms with Gasteiger partial charge >= 0.3 is 5.97 Å². The number of carboxylic acid groups (broad SMARTS) is 1. The van der Waals surface area contributed by atoms with Crippen molar-refractivity contribution in [3.8, 4) is 11.5 Å². The summed E-state index contributed by atoms with van der Waals surface area (Å²) in [6.45, 7) is 1.80. The fraction of sp³-hybridized carbons (Fsp3) is 0.333. The molecule has 0 saturated heterocycles. The standard InChI is InChI=1S/C12H14ClNO5/c1-3-18-12-9(13)4-8(5-10(12)17-2)6-14-19-7-11(15)16/h4-6H,3,7H2,1-2H3,(H,15,16). The smallest absolute Gasteiger partial charge is 0.344 e. The zero-order chi connectivity index (χ0) is 14.3. The van der Waals surface area contributed by atoms with Crippen molar-refractivity contribution >= 4 is 23.8 Å². The molecular formula is C12H14ClNO5. The molecule has 19 heavy (non-hydrogen) atoms. The second-order valence-electron chi connectivity index (χ2n) is 3.37. The molecule has 0 bridgehead atoms. The van der Waals surface area contributed by atoms with Crippen LogP contribution in [0.2, 0.25) is 5.02 Å². The van der Waals surface area contributed by atoms with Gasteiger partial charge < -0.3 is 19.4 Å². The molecule has 0 aromatic heterocycles. The van der Waals surface area contributed by atoms with Gasteiger partial charge in [0.05, 0.1) is 25.0 Å². The van der Waals surface area contributed by atoms with Crippen molar-refractivity contribution in [2.75, 3.05) is 20.3 Å². The van der Waals surface area contributed by atoms with Crippen LogP contribution in [0, 0.1) is 0 Å². The third kappa shape index (κ3) is 4.67. The Morgan fingerprint density at radius 3 is 2.84 bits per heavy atom. The van der Waals surface area contributed by atoms with Gasteiger partial charge in [-0.1, -0.05) is 16.8 Å². The molecule has 1 aromatic carbocycles. The Labute approximate surface area is 115 Å². The zero-order valence-electron chi connectivity index (χ0n) is 10.6. The highest BCUT2D eigenvalue weighted by Crippen LogP contribution is 2.35. The van der Waals surface area contributed by atoms with Gasteiger partial charge in [0.1, 0.15) is 0 Å².